The van der Waals surface area contributed by atoms with Gasteiger partial charge < -0.3 is 9.84 Å². The normalized spacial score (nSPS) is 10.8. The van der Waals surface area contributed by atoms with Gasteiger partial charge in [-0.1, -0.05) is 17.7 Å². The van der Waals surface area contributed by atoms with Crippen LogP contribution in [0.25, 0.3) is 6.08 Å². The summed E-state index contributed by atoms with van der Waals surface area (Å²) in [5.41, 5.74) is 1.33. The molecule has 0 aliphatic carbocycles. The molecule has 2 aromatic carbocycles. The first-order chi connectivity index (χ1) is 9.95. The zero-order chi connectivity index (χ0) is 15.4. The molecule has 108 valence electrons. The number of aliphatic carboxylic acids is 1. The van der Waals surface area contributed by atoms with Gasteiger partial charge in [0.15, 0.2) is 11.6 Å². The van der Waals surface area contributed by atoms with Gasteiger partial charge in [-0.05, 0) is 42.8 Å². The number of carboxylic acids is 1. The summed E-state index contributed by atoms with van der Waals surface area (Å²) in [6.07, 6.45) is 2.34. The van der Waals surface area contributed by atoms with E-state index in [-0.39, 0.29) is 11.5 Å². The molecule has 0 amide bonds. The van der Waals surface area contributed by atoms with Crippen LogP contribution in [0, 0.1) is 12.7 Å². The molecule has 0 bridgehead atoms. The lowest BCUT2D eigenvalue weighted by molar-refractivity contribution is -0.131. The quantitative estimate of drug-likeness (QED) is 0.834. The van der Waals surface area contributed by atoms with E-state index >= 15 is 0 Å². The van der Waals surface area contributed by atoms with Crippen LogP contribution in [-0.2, 0) is 4.79 Å². The van der Waals surface area contributed by atoms with E-state index in [0.717, 1.165) is 11.6 Å². The molecule has 5 heteroatoms. The van der Waals surface area contributed by atoms with Gasteiger partial charge in [-0.25, -0.2) is 9.18 Å². The van der Waals surface area contributed by atoms with Crippen LogP contribution in [0.4, 0.5) is 4.39 Å². The second-order valence-electron chi connectivity index (χ2n) is 4.39. The van der Waals surface area contributed by atoms with Crippen LogP contribution >= 0.6 is 11.6 Å². The van der Waals surface area contributed by atoms with Crippen LogP contribution in [-0.4, -0.2) is 11.1 Å². The Labute approximate surface area is 126 Å². The van der Waals surface area contributed by atoms with Crippen molar-refractivity contribution in [3.8, 4) is 11.5 Å². The summed E-state index contributed by atoms with van der Waals surface area (Å²) in [5.74, 6) is -1.25. The minimum atomic E-state index is -1.09. The van der Waals surface area contributed by atoms with Crippen molar-refractivity contribution in [3.05, 3.63) is 64.4 Å². The number of benzene rings is 2. The van der Waals surface area contributed by atoms with Crippen molar-refractivity contribution >= 4 is 23.6 Å². The largest absolute Gasteiger partial charge is 0.478 e. The highest BCUT2D eigenvalue weighted by Crippen LogP contribution is 2.31. The highest BCUT2D eigenvalue weighted by Gasteiger charge is 2.09. The molecule has 2 aromatic rings. The third kappa shape index (κ3) is 4.07. The lowest BCUT2D eigenvalue weighted by atomic mass is 10.2. The summed E-state index contributed by atoms with van der Waals surface area (Å²) in [6.45, 7) is 1.81. The molecule has 0 unspecified atom stereocenters. The van der Waals surface area contributed by atoms with Gasteiger partial charge in [0.2, 0.25) is 0 Å². The monoisotopic (exact) mass is 306 g/mol. The van der Waals surface area contributed by atoms with Crippen molar-refractivity contribution in [3.63, 3.8) is 0 Å². The van der Waals surface area contributed by atoms with E-state index in [1.54, 1.807) is 24.3 Å². The molecule has 0 saturated heterocycles. The zero-order valence-corrected chi connectivity index (χ0v) is 11.9. The molecule has 0 aromatic heterocycles. The van der Waals surface area contributed by atoms with Crippen molar-refractivity contribution in [2.24, 2.45) is 0 Å². The molecule has 21 heavy (non-hydrogen) atoms. The predicted molar refractivity (Wildman–Crippen MR) is 79.3 cm³/mol. The molecule has 0 atom stereocenters. The minimum absolute atomic E-state index is 0.0576. The summed E-state index contributed by atoms with van der Waals surface area (Å²) in [4.78, 5) is 10.6. The number of aryl methyl sites for hydroxylation is 1. The van der Waals surface area contributed by atoms with Crippen molar-refractivity contribution < 1.29 is 19.0 Å². The fraction of sp³-hybridized carbons (Fsp3) is 0.0625. The Morgan fingerprint density at radius 2 is 2.00 bits per heavy atom. The number of rotatable bonds is 4. The molecule has 2 rings (SSSR count). The first-order valence-corrected chi connectivity index (χ1v) is 6.48. The standard InChI is InChI=1S/C16H12ClFO3/c1-10-2-6-13(18)15(8-10)21-14-9-12(17)5-3-11(14)4-7-16(19)20/h2-9H,1H3,(H,19,20)/b7-4+. The number of ether oxygens (including phenoxy) is 1. The lowest BCUT2D eigenvalue weighted by Crippen LogP contribution is -1.92. The maximum absolute atomic E-state index is 13.7. The average molecular weight is 307 g/mol. The Bertz CT molecular complexity index is 711. The molecular formula is C16H12ClFO3. The van der Waals surface area contributed by atoms with Gasteiger partial charge in [0, 0.05) is 22.7 Å². The van der Waals surface area contributed by atoms with Crippen LogP contribution in [0.1, 0.15) is 11.1 Å². The fourth-order valence-corrected chi connectivity index (χ4v) is 1.86. The van der Waals surface area contributed by atoms with Crippen LogP contribution in [0.5, 0.6) is 11.5 Å². The molecule has 0 fully saturated rings. The van der Waals surface area contributed by atoms with Crippen molar-refractivity contribution in [1.29, 1.82) is 0 Å². The van der Waals surface area contributed by atoms with Gasteiger partial charge in [-0.2, -0.15) is 0 Å². The number of carbonyl (C=O) groups is 1. The maximum atomic E-state index is 13.7. The third-order valence-electron chi connectivity index (χ3n) is 2.69. The van der Waals surface area contributed by atoms with Gasteiger partial charge >= 0.3 is 5.97 Å². The van der Waals surface area contributed by atoms with E-state index in [2.05, 4.69) is 0 Å². The molecule has 0 heterocycles. The first kappa shape index (κ1) is 15.1. The fourth-order valence-electron chi connectivity index (χ4n) is 1.70. The molecule has 3 nitrogen and oxygen atoms in total. The van der Waals surface area contributed by atoms with E-state index in [4.69, 9.17) is 21.4 Å². The Morgan fingerprint density at radius 1 is 1.24 bits per heavy atom. The highest BCUT2D eigenvalue weighted by atomic mass is 35.5. The molecule has 0 spiro atoms. The lowest BCUT2D eigenvalue weighted by Gasteiger charge is -2.10. The Balaban J connectivity index is 2.40. The van der Waals surface area contributed by atoms with Gasteiger partial charge in [-0.3, -0.25) is 0 Å². The average Bonchev–Trinajstić information content (AvgIpc) is 2.42. The topological polar surface area (TPSA) is 46.5 Å². The van der Waals surface area contributed by atoms with Gasteiger partial charge in [0.05, 0.1) is 0 Å². The summed E-state index contributed by atoms with van der Waals surface area (Å²) >= 11 is 5.90. The molecule has 0 saturated carbocycles. The van der Waals surface area contributed by atoms with Crippen LogP contribution in [0.15, 0.2) is 42.5 Å². The van der Waals surface area contributed by atoms with Gasteiger partial charge in [0.1, 0.15) is 5.75 Å². The Kier molecular flexibility index (Phi) is 4.60. The van der Waals surface area contributed by atoms with Crippen molar-refractivity contribution in [2.45, 2.75) is 6.92 Å². The van der Waals surface area contributed by atoms with E-state index in [1.807, 2.05) is 6.92 Å². The minimum Gasteiger partial charge on any atom is -0.478 e. The van der Waals surface area contributed by atoms with E-state index in [1.165, 1.54) is 18.2 Å². The number of carboxylic acid groups (broad SMARTS) is 1. The second-order valence-corrected chi connectivity index (χ2v) is 4.83. The zero-order valence-electron chi connectivity index (χ0n) is 11.1. The Hall–Kier alpha value is -2.33. The summed E-state index contributed by atoms with van der Waals surface area (Å²) in [6, 6.07) is 9.20. The van der Waals surface area contributed by atoms with Gasteiger partial charge in [0.25, 0.3) is 0 Å². The number of halogens is 2. The number of hydrogen-bond acceptors (Lipinski definition) is 2. The SMILES string of the molecule is Cc1ccc(F)c(Oc2cc(Cl)ccc2/C=C/C(=O)O)c1. The van der Waals surface area contributed by atoms with Crippen molar-refractivity contribution in [1.82, 2.24) is 0 Å². The van der Waals surface area contributed by atoms with E-state index in [9.17, 15) is 9.18 Å². The van der Waals surface area contributed by atoms with Crippen LogP contribution < -0.4 is 4.74 Å². The van der Waals surface area contributed by atoms with E-state index in [0.29, 0.717) is 10.6 Å². The number of hydrogen-bond donors (Lipinski definition) is 1. The maximum Gasteiger partial charge on any atom is 0.328 e. The molecule has 0 aliphatic rings. The molecule has 1 N–H and O–H groups in total. The van der Waals surface area contributed by atoms with Crippen LogP contribution in [0.2, 0.25) is 5.02 Å². The van der Waals surface area contributed by atoms with E-state index < -0.39 is 11.8 Å². The molecule has 0 radical (unpaired) electrons. The summed E-state index contributed by atoms with van der Waals surface area (Å²) < 4.78 is 19.3. The van der Waals surface area contributed by atoms with Crippen molar-refractivity contribution in [2.75, 3.05) is 0 Å². The smallest absolute Gasteiger partial charge is 0.328 e. The highest BCUT2D eigenvalue weighted by molar-refractivity contribution is 6.30. The van der Waals surface area contributed by atoms with Crippen LogP contribution in [0.3, 0.4) is 0 Å². The molecular weight excluding hydrogens is 295 g/mol. The summed E-state index contributed by atoms with van der Waals surface area (Å²) in [7, 11) is 0. The van der Waals surface area contributed by atoms with Gasteiger partial charge in [-0.15, -0.1) is 0 Å². The molecule has 0 aliphatic heterocycles. The third-order valence-corrected chi connectivity index (χ3v) is 2.92. The second kappa shape index (κ2) is 6.41. The summed E-state index contributed by atoms with van der Waals surface area (Å²) in [5, 5.41) is 9.08. The Morgan fingerprint density at radius 3 is 2.71 bits per heavy atom. The first-order valence-electron chi connectivity index (χ1n) is 6.10. The predicted octanol–water partition coefficient (Wildman–Crippen LogP) is 4.68.